The van der Waals surface area contributed by atoms with E-state index in [1.54, 1.807) is 4.52 Å². The molecule has 0 radical (unpaired) electrons. The quantitative estimate of drug-likeness (QED) is 0.697. The molecule has 0 atom stereocenters. The Balaban J connectivity index is 2.02. The molecule has 0 saturated carbocycles. The summed E-state index contributed by atoms with van der Waals surface area (Å²) in [5, 5.41) is 6.02. The van der Waals surface area contributed by atoms with Crippen LogP contribution in [0.25, 0.3) is 17.0 Å². The number of nitrogens with zero attached hydrogens (tertiary/aromatic N) is 3. The highest BCUT2D eigenvalue weighted by molar-refractivity contribution is 5.60. The second-order valence-electron chi connectivity index (χ2n) is 7.29. The van der Waals surface area contributed by atoms with Gasteiger partial charge in [0.1, 0.15) is 0 Å². The van der Waals surface area contributed by atoms with Crippen LogP contribution in [0.4, 0.5) is 5.95 Å². The average Bonchev–Trinajstić information content (AvgIpc) is 2.94. The highest BCUT2D eigenvalue weighted by atomic mass is 16.1. The van der Waals surface area contributed by atoms with Crippen molar-refractivity contribution in [2.45, 2.75) is 46.0 Å². The van der Waals surface area contributed by atoms with Gasteiger partial charge in [-0.3, -0.25) is 9.89 Å². The molecule has 0 fully saturated rings. The Labute approximate surface area is 147 Å². The van der Waals surface area contributed by atoms with Crippen molar-refractivity contribution in [3.63, 3.8) is 0 Å². The van der Waals surface area contributed by atoms with Crippen LogP contribution in [0, 0.1) is 0 Å². The summed E-state index contributed by atoms with van der Waals surface area (Å²) in [4.78, 5) is 20.8. The number of aromatic nitrogens is 4. The number of unbranched alkanes of at least 4 members (excludes halogenated alkanes) is 1. The van der Waals surface area contributed by atoms with E-state index in [1.165, 1.54) is 11.6 Å². The first kappa shape index (κ1) is 17.2. The molecule has 2 heterocycles. The van der Waals surface area contributed by atoms with Crippen molar-refractivity contribution in [1.29, 1.82) is 0 Å². The molecule has 3 aromatic rings. The van der Waals surface area contributed by atoms with Crippen LogP contribution in [-0.4, -0.2) is 26.1 Å². The molecule has 0 aliphatic heterocycles. The number of nitrogens with one attached hydrogen (secondary N) is 2. The minimum Gasteiger partial charge on any atom is -0.354 e. The summed E-state index contributed by atoms with van der Waals surface area (Å²) in [7, 11) is 0. The molecule has 0 aliphatic carbocycles. The fourth-order valence-corrected chi connectivity index (χ4v) is 2.65. The second kappa shape index (κ2) is 6.70. The van der Waals surface area contributed by atoms with Gasteiger partial charge in [-0.15, -0.1) is 0 Å². The lowest BCUT2D eigenvalue weighted by Gasteiger charge is -2.19. The maximum absolute atomic E-state index is 11.7. The van der Waals surface area contributed by atoms with Crippen molar-refractivity contribution in [2.75, 3.05) is 11.9 Å². The predicted molar refractivity (Wildman–Crippen MR) is 101 cm³/mol. The fraction of sp³-hybridized carbons (Fsp3) is 0.421. The molecule has 0 bridgehead atoms. The van der Waals surface area contributed by atoms with Crippen molar-refractivity contribution in [3.8, 4) is 11.4 Å². The normalized spacial score (nSPS) is 11.8. The van der Waals surface area contributed by atoms with Crippen molar-refractivity contribution in [2.24, 2.45) is 0 Å². The van der Waals surface area contributed by atoms with Gasteiger partial charge in [-0.25, -0.2) is 9.50 Å². The molecule has 25 heavy (non-hydrogen) atoms. The van der Waals surface area contributed by atoms with Gasteiger partial charge in [0, 0.05) is 18.2 Å². The zero-order chi connectivity index (χ0) is 18.0. The Morgan fingerprint density at radius 2 is 1.88 bits per heavy atom. The zero-order valence-electron chi connectivity index (χ0n) is 15.3. The van der Waals surface area contributed by atoms with Crippen LogP contribution in [0.2, 0.25) is 0 Å². The smallest absolute Gasteiger partial charge is 0.266 e. The molecule has 6 nitrogen and oxygen atoms in total. The van der Waals surface area contributed by atoms with Gasteiger partial charge in [0.05, 0.1) is 0 Å². The van der Waals surface area contributed by atoms with Crippen molar-refractivity contribution < 1.29 is 0 Å². The van der Waals surface area contributed by atoms with Gasteiger partial charge < -0.3 is 5.32 Å². The van der Waals surface area contributed by atoms with Crippen molar-refractivity contribution in [1.82, 2.24) is 19.6 Å². The third-order valence-corrected chi connectivity index (χ3v) is 4.18. The Bertz CT molecular complexity index is 916. The molecule has 2 N–H and O–H groups in total. The highest BCUT2D eigenvalue weighted by Crippen LogP contribution is 2.25. The largest absolute Gasteiger partial charge is 0.354 e. The van der Waals surface area contributed by atoms with Crippen LogP contribution in [0.15, 0.2) is 35.1 Å². The first-order valence-corrected chi connectivity index (χ1v) is 8.73. The predicted octanol–water partition coefficient (Wildman–Crippen LogP) is 3.59. The van der Waals surface area contributed by atoms with Crippen molar-refractivity contribution >= 4 is 11.6 Å². The standard InChI is InChI=1S/C19H25N5O/c1-5-6-11-20-18-22-17(21-15-12-16(25)23-24(15)18)13-7-9-14(10-8-13)19(2,3)4/h7-10,12H,5-6,11H2,1-4H3,(H,23,25)(H,20,21,22). The van der Waals surface area contributed by atoms with Crippen LogP contribution in [0.1, 0.15) is 46.1 Å². The lowest BCUT2D eigenvalue weighted by molar-refractivity contribution is 0.590. The van der Waals surface area contributed by atoms with E-state index in [0.717, 1.165) is 24.9 Å². The molecule has 0 saturated heterocycles. The van der Waals surface area contributed by atoms with Gasteiger partial charge in [-0.1, -0.05) is 58.4 Å². The number of anilines is 1. The summed E-state index contributed by atoms with van der Waals surface area (Å²) >= 11 is 0. The third kappa shape index (κ3) is 3.73. The van der Waals surface area contributed by atoms with Crippen LogP contribution >= 0.6 is 0 Å². The van der Waals surface area contributed by atoms with Gasteiger partial charge in [0.25, 0.3) is 5.56 Å². The summed E-state index contributed by atoms with van der Waals surface area (Å²) in [6.07, 6.45) is 2.12. The van der Waals surface area contributed by atoms with E-state index >= 15 is 0 Å². The number of benzene rings is 1. The number of hydrogen-bond acceptors (Lipinski definition) is 4. The van der Waals surface area contributed by atoms with Gasteiger partial charge in [-0.2, -0.15) is 4.98 Å². The van der Waals surface area contributed by atoms with E-state index in [0.29, 0.717) is 17.4 Å². The molecular weight excluding hydrogens is 314 g/mol. The number of rotatable bonds is 5. The van der Waals surface area contributed by atoms with E-state index in [4.69, 9.17) is 0 Å². The molecule has 1 aromatic carbocycles. The number of fused-ring (bicyclic) bond motifs is 1. The molecule has 0 spiro atoms. The molecule has 6 heteroatoms. The van der Waals surface area contributed by atoms with E-state index in [-0.39, 0.29) is 11.0 Å². The summed E-state index contributed by atoms with van der Waals surface area (Å²) < 4.78 is 1.60. The Morgan fingerprint density at radius 1 is 1.16 bits per heavy atom. The molecule has 2 aromatic heterocycles. The molecule has 0 unspecified atom stereocenters. The summed E-state index contributed by atoms with van der Waals surface area (Å²) in [6.45, 7) is 9.49. The Morgan fingerprint density at radius 3 is 2.52 bits per heavy atom. The van der Waals surface area contributed by atoms with Gasteiger partial charge in [0.2, 0.25) is 5.95 Å². The maximum atomic E-state index is 11.7. The summed E-state index contributed by atoms with van der Waals surface area (Å²) in [6, 6.07) is 9.77. The van der Waals surface area contributed by atoms with E-state index in [2.05, 4.69) is 60.2 Å². The van der Waals surface area contributed by atoms with Crippen LogP contribution in [-0.2, 0) is 5.41 Å². The monoisotopic (exact) mass is 339 g/mol. The van der Waals surface area contributed by atoms with E-state index in [1.807, 2.05) is 12.1 Å². The molecule has 0 amide bonds. The van der Waals surface area contributed by atoms with Crippen molar-refractivity contribution in [3.05, 3.63) is 46.2 Å². The zero-order valence-corrected chi connectivity index (χ0v) is 15.3. The molecule has 0 aliphatic rings. The molecular formula is C19H25N5O. The van der Waals surface area contributed by atoms with Gasteiger partial charge in [-0.05, 0) is 17.4 Å². The maximum Gasteiger partial charge on any atom is 0.266 e. The Hall–Kier alpha value is -2.63. The topological polar surface area (TPSA) is 75.1 Å². The highest BCUT2D eigenvalue weighted by Gasteiger charge is 2.15. The Kier molecular flexibility index (Phi) is 4.61. The second-order valence-corrected chi connectivity index (χ2v) is 7.29. The summed E-state index contributed by atoms with van der Waals surface area (Å²) in [5.41, 5.74) is 2.67. The number of hydrogen-bond donors (Lipinski definition) is 2. The van der Waals surface area contributed by atoms with Crippen LogP contribution < -0.4 is 10.9 Å². The first-order valence-electron chi connectivity index (χ1n) is 8.73. The number of H-pyrrole nitrogens is 1. The van der Waals surface area contributed by atoms with Crippen LogP contribution in [0.5, 0.6) is 0 Å². The van der Waals surface area contributed by atoms with Gasteiger partial charge in [0.15, 0.2) is 11.5 Å². The van der Waals surface area contributed by atoms with E-state index in [9.17, 15) is 4.79 Å². The molecule has 132 valence electrons. The molecule has 3 rings (SSSR count). The first-order chi connectivity index (χ1) is 11.9. The van der Waals surface area contributed by atoms with Gasteiger partial charge >= 0.3 is 0 Å². The lowest BCUT2D eigenvalue weighted by Crippen LogP contribution is -2.12. The minimum absolute atomic E-state index is 0.101. The SMILES string of the molecule is CCCCNc1nc(-c2ccc(C(C)(C)C)cc2)nc2cc(=O)[nH]n12. The summed E-state index contributed by atoms with van der Waals surface area (Å²) in [5.74, 6) is 1.22. The van der Waals surface area contributed by atoms with Crippen LogP contribution in [0.3, 0.4) is 0 Å². The fourth-order valence-electron chi connectivity index (χ4n) is 2.65. The average molecular weight is 339 g/mol. The number of aromatic amines is 1. The minimum atomic E-state index is -0.187. The lowest BCUT2D eigenvalue weighted by atomic mass is 9.87. The van der Waals surface area contributed by atoms with E-state index < -0.39 is 0 Å². The third-order valence-electron chi connectivity index (χ3n) is 4.18.